The minimum absolute atomic E-state index is 0.0345. The van der Waals surface area contributed by atoms with E-state index in [1.807, 2.05) is 42.5 Å². The number of carbonyl (C=O) groups is 1. The lowest BCUT2D eigenvalue weighted by Gasteiger charge is -2.08. The largest absolute Gasteiger partial charge is 0.481 e. The molecule has 0 radical (unpaired) electrons. The molecule has 0 aliphatic carbocycles. The van der Waals surface area contributed by atoms with Crippen molar-refractivity contribution >= 4 is 51.9 Å². The number of carboxylic acids is 1. The number of halogens is 2. The highest BCUT2D eigenvalue weighted by atomic mass is 127. The van der Waals surface area contributed by atoms with Crippen LogP contribution in [0.2, 0.25) is 5.02 Å². The molecule has 0 saturated carbocycles. The molecule has 0 bridgehead atoms. The Labute approximate surface area is 134 Å². The molecule has 0 saturated heterocycles. The smallest absolute Gasteiger partial charge is 0.307 e. The van der Waals surface area contributed by atoms with Gasteiger partial charge in [-0.05, 0) is 70.6 Å². The molecule has 2 rings (SSSR count). The predicted octanol–water partition coefficient (Wildman–Crippen LogP) is 4.72. The first-order valence-corrected chi connectivity index (χ1v) is 7.75. The van der Waals surface area contributed by atoms with Gasteiger partial charge >= 0.3 is 5.97 Å². The normalized spacial score (nSPS) is 10.4. The zero-order valence-corrected chi connectivity index (χ0v) is 13.5. The fraction of sp³-hybridized carbons (Fsp3) is 0.0714. The first kappa shape index (κ1) is 14.7. The van der Waals surface area contributed by atoms with E-state index in [0.29, 0.717) is 5.02 Å². The number of rotatable bonds is 4. The van der Waals surface area contributed by atoms with Crippen molar-refractivity contribution in [1.29, 1.82) is 0 Å². The van der Waals surface area contributed by atoms with Crippen LogP contribution in [0.4, 0.5) is 0 Å². The van der Waals surface area contributed by atoms with Crippen LogP contribution >= 0.6 is 46.0 Å². The molecule has 0 fully saturated rings. The molecule has 0 atom stereocenters. The Bertz CT molecular complexity index is 599. The Balaban J connectivity index is 2.28. The highest BCUT2D eigenvalue weighted by molar-refractivity contribution is 14.1. The number of aliphatic carboxylic acids is 1. The number of carboxylic acid groups (broad SMARTS) is 1. The molecule has 0 heterocycles. The van der Waals surface area contributed by atoms with Crippen LogP contribution in [0.15, 0.2) is 52.3 Å². The lowest BCUT2D eigenvalue weighted by atomic mass is 10.1. The fourth-order valence-electron chi connectivity index (χ4n) is 1.58. The second-order valence-corrected chi connectivity index (χ2v) is 6.68. The number of hydrogen-bond donors (Lipinski definition) is 1. The molecule has 2 aromatic rings. The molecule has 0 spiro atoms. The van der Waals surface area contributed by atoms with Gasteiger partial charge in [-0.25, -0.2) is 0 Å². The summed E-state index contributed by atoms with van der Waals surface area (Å²) in [5, 5.41) is 9.65. The van der Waals surface area contributed by atoms with E-state index in [1.165, 1.54) is 0 Å². The molecule has 0 aliphatic heterocycles. The second kappa shape index (κ2) is 6.63. The van der Waals surface area contributed by atoms with Crippen LogP contribution in [-0.2, 0) is 11.2 Å². The van der Waals surface area contributed by atoms with Crippen molar-refractivity contribution in [2.24, 2.45) is 0 Å². The third kappa shape index (κ3) is 4.40. The van der Waals surface area contributed by atoms with Gasteiger partial charge in [0.2, 0.25) is 0 Å². The van der Waals surface area contributed by atoms with Gasteiger partial charge in [0, 0.05) is 18.4 Å². The second-order valence-electron chi connectivity index (χ2n) is 3.88. The highest BCUT2D eigenvalue weighted by Crippen LogP contribution is 2.32. The lowest BCUT2D eigenvalue weighted by Crippen LogP contribution is -2.01. The SMILES string of the molecule is O=C(O)Cc1cc(I)ccc1Sc1ccc(Cl)cc1. The Morgan fingerprint density at radius 2 is 1.89 bits per heavy atom. The van der Waals surface area contributed by atoms with Gasteiger partial charge in [-0.15, -0.1) is 0 Å². The molecule has 98 valence electrons. The van der Waals surface area contributed by atoms with Crippen LogP contribution in [0.25, 0.3) is 0 Å². The molecular formula is C14H10ClIO2S. The third-order valence-electron chi connectivity index (χ3n) is 2.41. The summed E-state index contributed by atoms with van der Waals surface area (Å²) in [5.41, 5.74) is 0.833. The molecule has 0 aliphatic rings. The molecule has 2 aromatic carbocycles. The Hall–Kier alpha value is -0.720. The van der Waals surface area contributed by atoms with Crippen molar-refractivity contribution in [3.05, 3.63) is 56.6 Å². The number of hydrogen-bond acceptors (Lipinski definition) is 2. The highest BCUT2D eigenvalue weighted by Gasteiger charge is 2.09. The van der Waals surface area contributed by atoms with Gasteiger partial charge < -0.3 is 5.11 Å². The zero-order chi connectivity index (χ0) is 13.8. The summed E-state index contributed by atoms with van der Waals surface area (Å²) in [6.07, 6.45) is 0.0345. The monoisotopic (exact) mass is 404 g/mol. The van der Waals surface area contributed by atoms with Gasteiger partial charge in [0.15, 0.2) is 0 Å². The Morgan fingerprint density at radius 1 is 1.21 bits per heavy atom. The van der Waals surface area contributed by atoms with E-state index >= 15 is 0 Å². The predicted molar refractivity (Wildman–Crippen MR) is 86.1 cm³/mol. The van der Waals surface area contributed by atoms with Crippen molar-refractivity contribution in [2.45, 2.75) is 16.2 Å². The van der Waals surface area contributed by atoms with Crippen molar-refractivity contribution in [3.63, 3.8) is 0 Å². The van der Waals surface area contributed by atoms with Crippen molar-refractivity contribution < 1.29 is 9.90 Å². The average Bonchev–Trinajstić information content (AvgIpc) is 2.34. The summed E-state index contributed by atoms with van der Waals surface area (Å²) in [6, 6.07) is 13.3. The van der Waals surface area contributed by atoms with Crippen LogP contribution in [0, 0.1) is 3.57 Å². The Kier molecular flexibility index (Phi) is 5.13. The molecular weight excluding hydrogens is 395 g/mol. The summed E-state index contributed by atoms with van der Waals surface area (Å²) >= 11 is 9.58. The van der Waals surface area contributed by atoms with E-state index in [4.69, 9.17) is 16.7 Å². The maximum atomic E-state index is 10.9. The molecule has 1 N–H and O–H groups in total. The van der Waals surface area contributed by atoms with Crippen molar-refractivity contribution in [1.82, 2.24) is 0 Å². The number of benzene rings is 2. The summed E-state index contributed by atoms with van der Waals surface area (Å²) in [6.45, 7) is 0. The first-order valence-electron chi connectivity index (χ1n) is 5.48. The zero-order valence-electron chi connectivity index (χ0n) is 9.77. The van der Waals surface area contributed by atoms with Gasteiger partial charge in [0.05, 0.1) is 6.42 Å². The van der Waals surface area contributed by atoms with E-state index in [0.717, 1.165) is 18.9 Å². The van der Waals surface area contributed by atoms with Gasteiger partial charge in [-0.1, -0.05) is 23.4 Å². The van der Waals surface area contributed by atoms with Gasteiger partial charge in [-0.2, -0.15) is 0 Å². The van der Waals surface area contributed by atoms with Crippen molar-refractivity contribution in [2.75, 3.05) is 0 Å². The molecule has 0 aromatic heterocycles. The molecule has 2 nitrogen and oxygen atoms in total. The average molecular weight is 405 g/mol. The van der Waals surface area contributed by atoms with Crippen LogP contribution in [-0.4, -0.2) is 11.1 Å². The van der Waals surface area contributed by atoms with Crippen LogP contribution < -0.4 is 0 Å². The maximum Gasteiger partial charge on any atom is 0.307 e. The summed E-state index contributed by atoms with van der Waals surface area (Å²) < 4.78 is 1.04. The van der Waals surface area contributed by atoms with Gasteiger partial charge in [0.1, 0.15) is 0 Å². The van der Waals surface area contributed by atoms with Gasteiger partial charge in [0.25, 0.3) is 0 Å². The molecule has 0 unspecified atom stereocenters. The molecule has 0 amide bonds. The minimum Gasteiger partial charge on any atom is -0.481 e. The maximum absolute atomic E-state index is 10.9. The Morgan fingerprint density at radius 3 is 2.53 bits per heavy atom. The minimum atomic E-state index is -0.819. The third-order valence-corrected chi connectivity index (χ3v) is 4.45. The standard InChI is InChI=1S/C14H10ClIO2S/c15-10-1-4-12(5-2-10)19-13-6-3-11(16)7-9(13)8-14(17)18/h1-7H,8H2,(H,17,18). The summed E-state index contributed by atoms with van der Waals surface area (Å²) in [7, 11) is 0. The van der Waals surface area contributed by atoms with Crippen LogP contribution in [0.3, 0.4) is 0 Å². The van der Waals surface area contributed by atoms with Crippen LogP contribution in [0.5, 0.6) is 0 Å². The quantitative estimate of drug-likeness (QED) is 0.749. The molecule has 19 heavy (non-hydrogen) atoms. The van der Waals surface area contributed by atoms with E-state index in [-0.39, 0.29) is 6.42 Å². The topological polar surface area (TPSA) is 37.3 Å². The summed E-state index contributed by atoms with van der Waals surface area (Å²) in [4.78, 5) is 12.9. The summed E-state index contributed by atoms with van der Waals surface area (Å²) in [5.74, 6) is -0.819. The van der Waals surface area contributed by atoms with E-state index in [9.17, 15) is 4.79 Å². The van der Waals surface area contributed by atoms with Crippen LogP contribution in [0.1, 0.15) is 5.56 Å². The first-order chi connectivity index (χ1) is 9.04. The lowest BCUT2D eigenvalue weighted by molar-refractivity contribution is -0.136. The molecule has 5 heteroatoms. The van der Waals surface area contributed by atoms with Crippen molar-refractivity contribution in [3.8, 4) is 0 Å². The fourth-order valence-corrected chi connectivity index (χ4v) is 3.18. The van der Waals surface area contributed by atoms with E-state index in [2.05, 4.69) is 22.6 Å². The van der Waals surface area contributed by atoms with Gasteiger partial charge in [-0.3, -0.25) is 4.79 Å². The van der Waals surface area contributed by atoms with E-state index in [1.54, 1.807) is 11.8 Å². The van der Waals surface area contributed by atoms with E-state index < -0.39 is 5.97 Å².